The number of nitrogens with one attached hydrogen (secondary N) is 2. The zero-order valence-electron chi connectivity index (χ0n) is 18.5. The molecule has 9 heteroatoms. The van der Waals surface area contributed by atoms with Gasteiger partial charge in [0.1, 0.15) is 12.4 Å². The second-order valence-corrected chi connectivity index (χ2v) is 9.05. The van der Waals surface area contributed by atoms with Gasteiger partial charge in [-0.2, -0.15) is 0 Å². The van der Waals surface area contributed by atoms with Crippen molar-refractivity contribution in [3.05, 3.63) is 83.7 Å². The Morgan fingerprint density at radius 1 is 1.03 bits per heavy atom. The van der Waals surface area contributed by atoms with Crippen molar-refractivity contribution in [1.82, 2.24) is 5.32 Å². The minimum absolute atomic E-state index is 0.0312. The third-order valence-corrected chi connectivity index (χ3v) is 6.30. The smallest absolute Gasteiger partial charge is 0.262 e. The third kappa shape index (κ3) is 6.01. The molecule has 1 atom stereocenters. The Labute approximate surface area is 192 Å². The molecule has 3 aromatic rings. The SMILES string of the molecule is COc1ccccc1NS(=O)(=O)c1cc(C(=O)NC(C)COc2ccccc2F)ccc1C. The summed E-state index contributed by atoms with van der Waals surface area (Å²) in [4.78, 5) is 12.7. The van der Waals surface area contributed by atoms with E-state index in [2.05, 4.69) is 10.0 Å². The molecule has 1 unspecified atom stereocenters. The van der Waals surface area contributed by atoms with E-state index in [0.717, 1.165) is 0 Å². The fraction of sp³-hybridized carbons (Fsp3) is 0.208. The van der Waals surface area contributed by atoms with E-state index in [4.69, 9.17) is 9.47 Å². The summed E-state index contributed by atoms with van der Waals surface area (Å²) in [6, 6.07) is 16.6. The highest BCUT2D eigenvalue weighted by molar-refractivity contribution is 7.92. The summed E-state index contributed by atoms with van der Waals surface area (Å²) in [7, 11) is -2.54. The highest BCUT2D eigenvalue weighted by atomic mass is 32.2. The number of sulfonamides is 1. The van der Waals surface area contributed by atoms with Crippen molar-refractivity contribution in [3.8, 4) is 11.5 Å². The van der Waals surface area contributed by atoms with Crippen molar-refractivity contribution in [1.29, 1.82) is 0 Å². The molecule has 0 aliphatic carbocycles. The molecular weight excluding hydrogens is 447 g/mol. The molecule has 0 saturated heterocycles. The number of hydrogen-bond acceptors (Lipinski definition) is 5. The molecule has 1 amide bonds. The first-order valence-corrected chi connectivity index (χ1v) is 11.6. The highest BCUT2D eigenvalue weighted by Gasteiger charge is 2.21. The van der Waals surface area contributed by atoms with Gasteiger partial charge in [0.15, 0.2) is 11.6 Å². The van der Waals surface area contributed by atoms with Crippen molar-refractivity contribution in [2.45, 2.75) is 24.8 Å². The van der Waals surface area contributed by atoms with Crippen LogP contribution in [0.5, 0.6) is 11.5 Å². The van der Waals surface area contributed by atoms with Crippen molar-refractivity contribution in [2.24, 2.45) is 0 Å². The summed E-state index contributed by atoms with van der Waals surface area (Å²) in [6.07, 6.45) is 0. The Bertz CT molecular complexity index is 1250. The molecule has 0 aliphatic heterocycles. The Kier molecular flexibility index (Phi) is 7.55. The minimum Gasteiger partial charge on any atom is -0.495 e. The van der Waals surface area contributed by atoms with Crippen LogP contribution in [0.2, 0.25) is 0 Å². The Morgan fingerprint density at radius 2 is 1.70 bits per heavy atom. The molecule has 0 radical (unpaired) electrons. The van der Waals surface area contributed by atoms with Crippen LogP contribution in [0.15, 0.2) is 71.6 Å². The number of methoxy groups -OCH3 is 1. The second kappa shape index (κ2) is 10.4. The van der Waals surface area contributed by atoms with Crippen LogP contribution in [0.1, 0.15) is 22.8 Å². The molecule has 0 heterocycles. The quantitative estimate of drug-likeness (QED) is 0.488. The third-order valence-electron chi connectivity index (χ3n) is 4.79. The molecule has 3 rings (SSSR count). The largest absolute Gasteiger partial charge is 0.495 e. The molecular formula is C24H25FN2O5S. The zero-order chi connectivity index (χ0) is 24.0. The summed E-state index contributed by atoms with van der Waals surface area (Å²) in [6.45, 7) is 3.39. The summed E-state index contributed by atoms with van der Waals surface area (Å²) in [5.74, 6) is -0.513. The average Bonchev–Trinajstić information content (AvgIpc) is 2.78. The molecule has 174 valence electrons. The van der Waals surface area contributed by atoms with Gasteiger partial charge in [-0.3, -0.25) is 9.52 Å². The number of halogens is 1. The molecule has 0 aromatic heterocycles. The maximum Gasteiger partial charge on any atom is 0.262 e. The first kappa shape index (κ1) is 24.1. The molecule has 33 heavy (non-hydrogen) atoms. The Hall–Kier alpha value is -3.59. The number of anilines is 1. The maximum absolute atomic E-state index is 13.7. The van der Waals surface area contributed by atoms with Crippen LogP contribution in [0.3, 0.4) is 0 Å². The lowest BCUT2D eigenvalue weighted by Gasteiger charge is -2.17. The molecule has 0 spiro atoms. The van der Waals surface area contributed by atoms with Gasteiger partial charge in [0.25, 0.3) is 15.9 Å². The van der Waals surface area contributed by atoms with Crippen LogP contribution >= 0.6 is 0 Å². The number of carbonyl (C=O) groups is 1. The van der Waals surface area contributed by atoms with Gasteiger partial charge in [0, 0.05) is 5.56 Å². The Morgan fingerprint density at radius 3 is 2.39 bits per heavy atom. The van der Waals surface area contributed by atoms with Crippen LogP contribution < -0.4 is 19.5 Å². The predicted octanol–water partition coefficient (Wildman–Crippen LogP) is 4.14. The number of aryl methyl sites for hydroxylation is 1. The van der Waals surface area contributed by atoms with Crippen LogP contribution in [0.25, 0.3) is 0 Å². The number of rotatable bonds is 9. The lowest BCUT2D eigenvalue weighted by atomic mass is 10.1. The van der Waals surface area contributed by atoms with Gasteiger partial charge in [0.2, 0.25) is 0 Å². The van der Waals surface area contributed by atoms with E-state index in [-0.39, 0.29) is 28.5 Å². The number of amides is 1. The van der Waals surface area contributed by atoms with E-state index in [1.54, 1.807) is 56.3 Å². The van der Waals surface area contributed by atoms with Crippen LogP contribution in [-0.2, 0) is 10.0 Å². The van der Waals surface area contributed by atoms with E-state index in [9.17, 15) is 17.6 Å². The molecule has 7 nitrogen and oxygen atoms in total. The highest BCUT2D eigenvalue weighted by Crippen LogP contribution is 2.27. The van der Waals surface area contributed by atoms with Crippen molar-refractivity contribution < 1.29 is 27.1 Å². The van der Waals surface area contributed by atoms with Gasteiger partial charge < -0.3 is 14.8 Å². The molecule has 2 N–H and O–H groups in total. The lowest BCUT2D eigenvalue weighted by Crippen LogP contribution is -2.37. The molecule has 0 aliphatic rings. The number of para-hydroxylation sites is 3. The summed E-state index contributed by atoms with van der Waals surface area (Å²) < 4.78 is 52.9. The van der Waals surface area contributed by atoms with Gasteiger partial charge in [-0.25, -0.2) is 12.8 Å². The monoisotopic (exact) mass is 472 g/mol. The van der Waals surface area contributed by atoms with Crippen molar-refractivity contribution in [3.63, 3.8) is 0 Å². The summed E-state index contributed by atoms with van der Waals surface area (Å²) in [5, 5.41) is 2.73. The molecule has 0 saturated carbocycles. The van der Waals surface area contributed by atoms with Crippen LogP contribution in [-0.4, -0.2) is 34.1 Å². The number of ether oxygens (including phenoxy) is 2. The normalized spacial score (nSPS) is 12.0. The zero-order valence-corrected chi connectivity index (χ0v) is 19.3. The maximum atomic E-state index is 13.7. The van der Waals surface area contributed by atoms with Gasteiger partial charge in [-0.1, -0.05) is 30.3 Å². The first-order valence-electron chi connectivity index (χ1n) is 10.2. The van der Waals surface area contributed by atoms with Crippen LogP contribution in [0, 0.1) is 12.7 Å². The van der Waals surface area contributed by atoms with Crippen molar-refractivity contribution >= 4 is 21.6 Å². The molecule has 3 aromatic carbocycles. The summed E-state index contributed by atoms with van der Waals surface area (Å²) >= 11 is 0. The van der Waals surface area contributed by atoms with E-state index < -0.39 is 27.8 Å². The van der Waals surface area contributed by atoms with E-state index in [1.165, 1.54) is 31.4 Å². The predicted molar refractivity (Wildman–Crippen MR) is 124 cm³/mol. The second-order valence-electron chi connectivity index (χ2n) is 7.40. The van der Waals surface area contributed by atoms with E-state index in [0.29, 0.717) is 11.3 Å². The Balaban J connectivity index is 1.73. The standard InChI is InChI=1S/C24H25FN2O5S/c1-16-12-13-18(24(28)26-17(2)15-32-21-10-6-4-8-19(21)25)14-23(16)33(29,30)27-20-9-5-7-11-22(20)31-3/h4-14,17,27H,15H2,1-3H3,(H,26,28). The average molecular weight is 473 g/mol. The number of benzene rings is 3. The molecule has 0 fully saturated rings. The van der Waals surface area contributed by atoms with Crippen LogP contribution in [0.4, 0.5) is 10.1 Å². The van der Waals surface area contributed by atoms with Gasteiger partial charge >= 0.3 is 0 Å². The summed E-state index contributed by atoms with van der Waals surface area (Å²) in [5.41, 5.74) is 0.928. The molecule has 0 bridgehead atoms. The van der Waals surface area contributed by atoms with E-state index in [1.807, 2.05) is 0 Å². The number of hydrogen-bond donors (Lipinski definition) is 2. The van der Waals surface area contributed by atoms with E-state index >= 15 is 0 Å². The van der Waals surface area contributed by atoms with Crippen molar-refractivity contribution in [2.75, 3.05) is 18.4 Å². The number of carbonyl (C=O) groups excluding carboxylic acids is 1. The van der Waals surface area contributed by atoms with Gasteiger partial charge in [-0.15, -0.1) is 0 Å². The fourth-order valence-corrected chi connectivity index (χ4v) is 4.43. The topological polar surface area (TPSA) is 93.7 Å². The fourth-order valence-electron chi connectivity index (χ4n) is 3.08. The minimum atomic E-state index is -3.99. The lowest BCUT2D eigenvalue weighted by molar-refractivity contribution is 0.0926. The van der Waals surface area contributed by atoms with Gasteiger partial charge in [0.05, 0.1) is 23.7 Å². The first-order chi connectivity index (χ1) is 15.7. The van der Waals surface area contributed by atoms with Gasteiger partial charge in [-0.05, 0) is 55.8 Å².